The van der Waals surface area contributed by atoms with Crippen molar-refractivity contribution in [3.8, 4) is 5.75 Å². The third-order valence-electron chi connectivity index (χ3n) is 3.41. The Morgan fingerprint density at radius 1 is 1.20 bits per heavy atom. The summed E-state index contributed by atoms with van der Waals surface area (Å²) in [4.78, 5) is 32.7. The molecule has 25 heavy (non-hydrogen) atoms. The van der Waals surface area contributed by atoms with Gasteiger partial charge in [0, 0.05) is 5.39 Å². The van der Waals surface area contributed by atoms with Crippen LogP contribution in [0.2, 0.25) is 0 Å². The van der Waals surface area contributed by atoms with Crippen LogP contribution >= 0.6 is 23.1 Å². The van der Waals surface area contributed by atoms with Crippen molar-refractivity contribution in [2.24, 2.45) is 0 Å². The maximum atomic E-state index is 12.3. The lowest BCUT2D eigenvalue weighted by molar-refractivity contribution is 0.0702. The van der Waals surface area contributed by atoms with Crippen LogP contribution in [0, 0.1) is 6.92 Å². The smallest absolute Gasteiger partial charge is 0.345 e. The van der Waals surface area contributed by atoms with Gasteiger partial charge in [-0.1, -0.05) is 11.8 Å². The van der Waals surface area contributed by atoms with Crippen molar-refractivity contribution in [2.45, 2.75) is 11.9 Å². The lowest BCUT2D eigenvalue weighted by Crippen LogP contribution is -2.01. The Labute approximate surface area is 151 Å². The number of aryl methyl sites for hydroxylation is 1. The topological polar surface area (TPSA) is 89.4 Å². The first-order valence-corrected chi connectivity index (χ1v) is 9.09. The van der Waals surface area contributed by atoms with Gasteiger partial charge < -0.3 is 9.84 Å². The molecular formula is C17H14N2O4S2. The third kappa shape index (κ3) is 3.80. The number of nitrogens with zero attached hydrogens (tertiary/aromatic N) is 2. The second-order valence-electron chi connectivity index (χ2n) is 5.14. The number of rotatable bonds is 6. The van der Waals surface area contributed by atoms with Gasteiger partial charge in [0.15, 0.2) is 5.78 Å². The summed E-state index contributed by atoms with van der Waals surface area (Å²) < 4.78 is 5.24. The molecule has 0 radical (unpaired) electrons. The molecule has 128 valence electrons. The van der Waals surface area contributed by atoms with Gasteiger partial charge >= 0.3 is 5.97 Å². The summed E-state index contributed by atoms with van der Waals surface area (Å²) in [7, 11) is 1.59. The largest absolute Gasteiger partial charge is 0.497 e. The predicted molar refractivity (Wildman–Crippen MR) is 97.2 cm³/mol. The van der Waals surface area contributed by atoms with Gasteiger partial charge in [-0.3, -0.25) is 4.79 Å². The third-order valence-corrected chi connectivity index (χ3v) is 5.52. The van der Waals surface area contributed by atoms with Crippen molar-refractivity contribution >= 4 is 45.8 Å². The number of benzene rings is 1. The molecular weight excluding hydrogens is 360 g/mol. The van der Waals surface area contributed by atoms with Gasteiger partial charge in [0.1, 0.15) is 21.5 Å². The highest BCUT2D eigenvalue weighted by molar-refractivity contribution is 8.00. The summed E-state index contributed by atoms with van der Waals surface area (Å²) in [5, 5.41) is 10.5. The first-order chi connectivity index (χ1) is 12.0. The molecule has 0 unspecified atom stereocenters. The molecule has 0 bridgehead atoms. The number of carboxylic acids is 1. The number of Topliss-reactive ketones (excluding diaryl/α,β-unsaturated/α-hetero) is 1. The highest BCUT2D eigenvalue weighted by Gasteiger charge is 2.15. The minimum Gasteiger partial charge on any atom is -0.497 e. The van der Waals surface area contributed by atoms with E-state index in [0.717, 1.165) is 22.2 Å². The zero-order valence-electron chi connectivity index (χ0n) is 13.5. The predicted octanol–water partition coefficient (Wildman–Crippen LogP) is 3.68. The fourth-order valence-corrected chi connectivity index (χ4v) is 4.05. The number of aromatic nitrogens is 2. The second kappa shape index (κ2) is 7.20. The van der Waals surface area contributed by atoms with E-state index in [1.807, 2.05) is 18.2 Å². The summed E-state index contributed by atoms with van der Waals surface area (Å²) in [6.07, 6.45) is 0. The summed E-state index contributed by atoms with van der Waals surface area (Å²) in [6.45, 7) is 1.80. The fraction of sp³-hybridized carbons (Fsp3) is 0.176. The zero-order valence-corrected chi connectivity index (χ0v) is 15.1. The molecule has 2 heterocycles. The van der Waals surface area contributed by atoms with Crippen LogP contribution in [0.5, 0.6) is 5.75 Å². The molecule has 2 aromatic heterocycles. The molecule has 0 saturated heterocycles. The minimum atomic E-state index is -1.03. The minimum absolute atomic E-state index is 0.130. The lowest BCUT2D eigenvalue weighted by Gasteiger charge is -2.07. The van der Waals surface area contributed by atoms with E-state index in [9.17, 15) is 9.59 Å². The molecule has 0 aliphatic carbocycles. The standard InChI is InChI=1S/C17H14N2O4S2/c1-9-18-12-4-3-10(23-2)7-11(12)16(19-9)24-8-13(20)14-5-6-15(25-14)17(21)22/h3-7H,8H2,1-2H3,(H,21,22). The normalized spacial score (nSPS) is 10.8. The van der Waals surface area contributed by atoms with Gasteiger partial charge in [-0.15, -0.1) is 11.3 Å². The van der Waals surface area contributed by atoms with Crippen LogP contribution in [-0.2, 0) is 0 Å². The number of aromatic carboxylic acids is 1. The number of hydrogen-bond donors (Lipinski definition) is 1. The van der Waals surface area contributed by atoms with Crippen LogP contribution in [0.1, 0.15) is 25.2 Å². The average molecular weight is 374 g/mol. The molecule has 3 rings (SSSR count). The molecule has 0 amide bonds. The van der Waals surface area contributed by atoms with E-state index in [-0.39, 0.29) is 16.4 Å². The van der Waals surface area contributed by atoms with Crippen molar-refractivity contribution in [1.82, 2.24) is 9.97 Å². The number of ether oxygens (including phenoxy) is 1. The van der Waals surface area contributed by atoms with Crippen LogP contribution in [0.4, 0.5) is 0 Å². The molecule has 0 aliphatic heterocycles. The van der Waals surface area contributed by atoms with E-state index in [1.54, 1.807) is 20.1 Å². The Bertz CT molecular complexity index is 968. The molecule has 0 spiro atoms. The number of methoxy groups -OCH3 is 1. The molecule has 0 fully saturated rings. The lowest BCUT2D eigenvalue weighted by atomic mass is 10.2. The maximum absolute atomic E-state index is 12.3. The van der Waals surface area contributed by atoms with Gasteiger partial charge in [0.2, 0.25) is 0 Å². The van der Waals surface area contributed by atoms with Crippen molar-refractivity contribution in [3.05, 3.63) is 45.9 Å². The van der Waals surface area contributed by atoms with Crippen LogP contribution in [0.3, 0.4) is 0 Å². The number of hydrogen-bond acceptors (Lipinski definition) is 7. The molecule has 3 aromatic rings. The van der Waals surface area contributed by atoms with Crippen molar-refractivity contribution < 1.29 is 19.4 Å². The van der Waals surface area contributed by atoms with Gasteiger partial charge in [0.25, 0.3) is 0 Å². The van der Waals surface area contributed by atoms with Crippen molar-refractivity contribution in [1.29, 1.82) is 0 Å². The quantitative estimate of drug-likeness (QED) is 0.400. The highest BCUT2D eigenvalue weighted by atomic mass is 32.2. The van der Waals surface area contributed by atoms with Gasteiger partial charge in [0.05, 0.1) is 23.3 Å². The number of thiophene rings is 1. The molecule has 1 aromatic carbocycles. The Morgan fingerprint density at radius 3 is 2.64 bits per heavy atom. The van der Waals surface area contributed by atoms with Crippen LogP contribution in [0.25, 0.3) is 10.9 Å². The second-order valence-corrected chi connectivity index (χ2v) is 7.19. The van der Waals surface area contributed by atoms with Crippen LogP contribution < -0.4 is 4.74 Å². The monoisotopic (exact) mass is 374 g/mol. The molecule has 0 saturated carbocycles. The van der Waals surface area contributed by atoms with E-state index < -0.39 is 5.97 Å². The van der Waals surface area contributed by atoms with E-state index in [2.05, 4.69) is 9.97 Å². The number of thioether (sulfide) groups is 1. The molecule has 0 aliphatic rings. The summed E-state index contributed by atoms with van der Waals surface area (Å²) in [6, 6.07) is 8.51. The summed E-state index contributed by atoms with van der Waals surface area (Å²) >= 11 is 2.29. The van der Waals surface area contributed by atoms with Gasteiger partial charge in [-0.05, 0) is 37.3 Å². The number of carbonyl (C=O) groups excluding carboxylic acids is 1. The Kier molecular flexibility index (Phi) is 5.00. The number of fused-ring (bicyclic) bond motifs is 1. The van der Waals surface area contributed by atoms with Gasteiger partial charge in [-0.25, -0.2) is 14.8 Å². The Balaban J connectivity index is 1.84. The summed E-state index contributed by atoms with van der Waals surface area (Å²) in [5.41, 5.74) is 0.785. The maximum Gasteiger partial charge on any atom is 0.345 e. The molecule has 1 N–H and O–H groups in total. The zero-order chi connectivity index (χ0) is 18.0. The summed E-state index contributed by atoms with van der Waals surface area (Å²) in [5.74, 6) is 0.327. The first kappa shape index (κ1) is 17.4. The van der Waals surface area contributed by atoms with Gasteiger partial charge in [-0.2, -0.15) is 0 Å². The molecule has 6 nitrogen and oxygen atoms in total. The highest BCUT2D eigenvalue weighted by Crippen LogP contribution is 2.29. The molecule has 0 atom stereocenters. The average Bonchev–Trinajstić information content (AvgIpc) is 3.09. The van der Waals surface area contributed by atoms with Crippen molar-refractivity contribution in [3.63, 3.8) is 0 Å². The van der Waals surface area contributed by atoms with Crippen LogP contribution in [0.15, 0.2) is 35.4 Å². The number of ketones is 1. The SMILES string of the molecule is COc1ccc2nc(C)nc(SCC(=O)c3ccc(C(=O)O)s3)c2c1. The van der Waals surface area contributed by atoms with E-state index in [1.165, 1.54) is 17.8 Å². The number of carbonyl (C=O) groups is 2. The fourth-order valence-electron chi connectivity index (χ4n) is 2.24. The van der Waals surface area contributed by atoms with E-state index in [0.29, 0.717) is 21.5 Å². The van der Waals surface area contributed by atoms with Crippen molar-refractivity contribution in [2.75, 3.05) is 12.9 Å². The van der Waals surface area contributed by atoms with E-state index in [4.69, 9.17) is 9.84 Å². The van der Waals surface area contributed by atoms with E-state index >= 15 is 0 Å². The number of carboxylic acid groups (broad SMARTS) is 1. The Hall–Kier alpha value is -2.45. The molecule has 8 heteroatoms. The Morgan fingerprint density at radius 2 is 1.96 bits per heavy atom. The van der Waals surface area contributed by atoms with Crippen LogP contribution in [-0.4, -0.2) is 39.7 Å². The first-order valence-electron chi connectivity index (χ1n) is 7.29.